The van der Waals surface area contributed by atoms with Crippen LogP contribution in [0.3, 0.4) is 0 Å². The van der Waals surface area contributed by atoms with Crippen LogP contribution in [0, 0.1) is 23.2 Å². The Bertz CT molecular complexity index is 784. The van der Waals surface area contributed by atoms with Crippen molar-refractivity contribution in [2.24, 2.45) is 23.2 Å². The smallest absolute Gasteiger partial charge is 0.0279 e. The third-order valence-corrected chi connectivity index (χ3v) is 9.70. The highest BCUT2D eigenvalue weighted by atomic mass is 14.4. The monoisotopic (exact) mass is 504 g/mol. The Kier molecular flexibility index (Phi) is 15.3. The zero-order valence-corrected chi connectivity index (χ0v) is 25.2. The number of benzene rings is 1. The van der Waals surface area contributed by atoms with Crippen LogP contribution in [0.5, 0.6) is 0 Å². The van der Waals surface area contributed by atoms with Gasteiger partial charge in [-0.15, -0.1) is 0 Å². The fourth-order valence-electron chi connectivity index (χ4n) is 6.31. The van der Waals surface area contributed by atoms with Crippen molar-refractivity contribution in [1.82, 2.24) is 0 Å². The van der Waals surface area contributed by atoms with Gasteiger partial charge in [0.05, 0.1) is 0 Å². The molecule has 0 N–H and O–H groups in total. The van der Waals surface area contributed by atoms with Gasteiger partial charge < -0.3 is 0 Å². The molecular weight excluding hydrogens is 444 g/mol. The fraction of sp³-hybridized carbons (Fsp3) is 0.676. The summed E-state index contributed by atoms with van der Waals surface area (Å²) in [4.78, 5) is 0. The predicted octanol–water partition coefficient (Wildman–Crippen LogP) is 12.1. The normalized spacial score (nSPS) is 21.4. The maximum absolute atomic E-state index is 4.42. The predicted molar refractivity (Wildman–Crippen MR) is 167 cm³/mol. The molecule has 1 aliphatic carbocycles. The lowest BCUT2D eigenvalue weighted by molar-refractivity contribution is 0.259. The Hall–Kier alpha value is -1.56. The molecule has 0 spiro atoms. The van der Waals surface area contributed by atoms with E-state index >= 15 is 0 Å². The lowest BCUT2D eigenvalue weighted by Gasteiger charge is -2.29. The molecule has 0 aliphatic heterocycles. The van der Waals surface area contributed by atoms with E-state index in [0.29, 0.717) is 5.41 Å². The number of aryl methyl sites for hydroxylation is 1. The number of allylic oxidation sites excluding steroid dienone is 4. The second-order valence-corrected chi connectivity index (χ2v) is 12.7. The van der Waals surface area contributed by atoms with Crippen molar-refractivity contribution in [2.45, 2.75) is 137 Å². The quantitative estimate of drug-likeness (QED) is 0.122. The molecule has 0 aromatic heterocycles. The molecule has 208 valence electrons. The summed E-state index contributed by atoms with van der Waals surface area (Å²) < 4.78 is 0. The highest BCUT2D eigenvalue weighted by molar-refractivity contribution is 5.14. The zero-order valence-electron chi connectivity index (χ0n) is 25.2. The third-order valence-electron chi connectivity index (χ3n) is 9.70. The molecule has 37 heavy (non-hydrogen) atoms. The molecule has 4 atom stereocenters. The zero-order chi connectivity index (χ0) is 26.9. The van der Waals surface area contributed by atoms with E-state index in [1.807, 2.05) is 0 Å². The molecule has 0 radical (unpaired) electrons. The highest BCUT2D eigenvalue weighted by Gasteiger charge is 2.31. The van der Waals surface area contributed by atoms with Crippen LogP contribution in [-0.2, 0) is 6.42 Å². The van der Waals surface area contributed by atoms with E-state index in [-0.39, 0.29) is 0 Å². The van der Waals surface area contributed by atoms with Gasteiger partial charge >= 0.3 is 0 Å². The summed E-state index contributed by atoms with van der Waals surface area (Å²) in [5, 5.41) is 0. The number of rotatable bonds is 20. The molecule has 1 aromatic carbocycles. The molecule has 4 unspecified atom stereocenters. The highest BCUT2D eigenvalue weighted by Crippen LogP contribution is 2.42. The summed E-state index contributed by atoms with van der Waals surface area (Å²) in [5.41, 5.74) is 4.80. The van der Waals surface area contributed by atoms with Crippen LogP contribution in [0.25, 0.3) is 0 Å². The third kappa shape index (κ3) is 12.7. The summed E-state index contributed by atoms with van der Waals surface area (Å²) in [6, 6.07) is 11.0. The lowest BCUT2D eigenvalue weighted by atomic mass is 9.77. The molecular formula is C37H60. The maximum atomic E-state index is 4.42. The minimum Gasteiger partial charge on any atom is -0.0999 e. The van der Waals surface area contributed by atoms with Crippen molar-refractivity contribution < 1.29 is 0 Å². The first-order valence-corrected chi connectivity index (χ1v) is 15.9. The maximum Gasteiger partial charge on any atom is -0.0279 e. The van der Waals surface area contributed by atoms with Gasteiger partial charge in [-0.05, 0) is 112 Å². The van der Waals surface area contributed by atoms with Crippen LogP contribution in [0.15, 0.2) is 66.8 Å². The first-order valence-electron chi connectivity index (χ1n) is 15.9. The first-order chi connectivity index (χ1) is 17.9. The molecule has 0 heteroatoms. The van der Waals surface area contributed by atoms with Crippen molar-refractivity contribution >= 4 is 0 Å². The van der Waals surface area contributed by atoms with Crippen molar-refractivity contribution in [1.29, 1.82) is 0 Å². The summed E-state index contributed by atoms with van der Waals surface area (Å²) in [7, 11) is 0. The summed E-state index contributed by atoms with van der Waals surface area (Å²) in [6.45, 7) is 18.2. The molecule has 0 bridgehead atoms. The molecule has 1 saturated carbocycles. The van der Waals surface area contributed by atoms with Crippen LogP contribution in [-0.4, -0.2) is 0 Å². The van der Waals surface area contributed by atoms with Crippen molar-refractivity contribution in [3.63, 3.8) is 0 Å². The topological polar surface area (TPSA) is 0 Å². The Labute approximate surface area is 232 Å². The van der Waals surface area contributed by atoms with Gasteiger partial charge in [0.15, 0.2) is 0 Å². The standard InChI is InChI=1S/C37H60/c1-7-31(3)27-29-37(6,8-2)30-28-32(4)19-13-9-10-17-23-35-26-25-33(5)36(35)24-18-12-16-22-34-20-14-11-15-21-34/h10-11,14-15,17,20-21,33,35-36H,3-4,7-9,12-13,16,18-19,22-30H2,1-2,5-6H3/b17-10-. The van der Waals surface area contributed by atoms with Crippen LogP contribution < -0.4 is 0 Å². The Morgan fingerprint density at radius 1 is 0.892 bits per heavy atom. The molecule has 0 amide bonds. The van der Waals surface area contributed by atoms with Gasteiger partial charge in [-0.3, -0.25) is 0 Å². The minimum atomic E-state index is 0.442. The second kappa shape index (κ2) is 17.9. The van der Waals surface area contributed by atoms with Gasteiger partial charge in [-0.2, -0.15) is 0 Å². The van der Waals surface area contributed by atoms with E-state index < -0.39 is 0 Å². The molecule has 0 heterocycles. The first kappa shape index (κ1) is 31.7. The van der Waals surface area contributed by atoms with E-state index in [2.05, 4.69) is 83.3 Å². The van der Waals surface area contributed by atoms with Gasteiger partial charge in [0.25, 0.3) is 0 Å². The summed E-state index contributed by atoms with van der Waals surface area (Å²) >= 11 is 0. The van der Waals surface area contributed by atoms with Gasteiger partial charge in [0, 0.05) is 0 Å². The second-order valence-electron chi connectivity index (χ2n) is 12.7. The molecule has 0 nitrogen and oxygen atoms in total. The molecule has 1 aromatic rings. The van der Waals surface area contributed by atoms with Gasteiger partial charge in [-0.1, -0.05) is 120 Å². The number of hydrogen-bond donors (Lipinski definition) is 0. The minimum absolute atomic E-state index is 0.442. The van der Waals surface area contributed by atoms with E-state index in [1.165, 1.54) is 119 Å². The SMILES string of the molecule is C=C(CC)CCC(C)(CC)CCC(=C)CCC/C=C\CC1CCC(C)C1CCCCCc1ccccc1. The van der Waals surface area contributed by atoms with Crippen LogP contribution in [0.1, 0.15) is 136 Å². The number of unbranched alkanes of at least 4 members (excludes halogenated alkanes) is 3. The van der Waals surface area contributed by atoms with Crippen LogP contribution in [0.2, 0.25) is 0 Å². The van der Waals surface area contributed by atoms with Gasteiger partial charge in [0.1, 0.15) is 0 Å². The average molecular weight is 505 g/mol. The van der Waals surface area contributed by atoms with Gasteiger partial charge in [-0.25, -0.2) is 0 Å². The van der Waals surface area contributed by atoms with E-state index in [4.69, 9.17) is 0 Å². The Morgan fingerprint density at radius 3 is 2.32 bits per heavy atom. The molecule has 0 saturated heterocycles. The van der Waals surface area contributed by atoms with Crippen LogP contribution in [0.4, 0.5) is 0 Å². The fourth-order valence-corrected chi connectivity index (χ4v) is 6.31. The van der Waals surface area contributed by atoms with Crippen molar-refractivity contribution in [3.05, 3.63) is 72.4 Å². The summed E-state index contributed by atoms with van der Waals surface area (Å²) in [5.74, 6) is 2.79. The Balaban J connectivity index is 1.58. The van der Waals surface area contributed by atoms with Crippen molar-refractivity contribution in [2.75, 3.05) is 0 Å². The molecule has 1 aliphatic rings. The summed E-state index contributed by atoms with van der Waals surface area (Å²) in [6.07, 6.45) is 27.0. The van der Waals surface area contributed by atoms with Crippen molar-refractivity contribution in [3.8, 4) is 0 Å². The van der Waals surface area contributed by atoms with E-state index in [1.54, 1.807) is 0 Å². The Morgan fingerprint density at radius 2 is 1.62 bits per heavy atom. The average Bonchev–Trinajstić information content (AvgIpc) is 3.27. The number of hydrogen-bond acceptors (Lipinski definition) is 0. The van der Waals surface area contributed by atoms with E-state index in [0.717, 1.165) is 24.2 Å². The molecule has 1 fully saturated rings. The molecule has 2 rings (SSSR count). The lowest BCUT2D eigenvalue weighted by Crippen LogP contribution is -2.15. The van der Waals surface area contributed by atoms with Crippen LogP contribution >= 0.6 is 0 Å². The van der Waals surface area contributed by atoms with Gasteiger partial charge in [0.2, 0.25) is 0 Å². The largest absolute Gasteiger partial charge is 0.0999 e. The van der Waals surface area contributed by atoms with E-state index in [9.17, 15) is 0 Å².